The smallest absolute Gasteiger partial charge is 0.257 e. The predicted octanol–water partition coefficient (Wildman–Crippen LogP) is 3.35. The number of hydrogen-bond donors (Lipinski definition) is 0. The number of nitrogens with zero attached hydrogens (tertiary/aromatic N) is 1. The number of hydrogen-bond acceptors (Lipinski definition) is 2. The van der Waals surface area contributed by atoms with E-state index in [0.29, 0.717) is 17.9 Å². The molecule has 104 valence electrons. The van der Waals surface area contributed by atoms with Crippen LogP contribution in [0, 0.1) is 5.92 Å². The Morgan fingerprint density at radius 3 is 2.68 bits per heavy atom. The van der Waals surface area contributed by atoms with Crippen LogP contribution in [0.4, 0.5) is 0 Å². The van der Waals surface area contributed by atoms with Gasteiger partial charge >= 0.3 is 0 Å². The van der Waals surface area contributed by atoms with Crippen molar-refractivity contribution in [3.05, 3.63) is 29.8 Å². The number of ether oxygens (including phenoxy) is 1. The van der Waals surface area contributed by atoms with Crippen LogP contribution in [0.2, 0.25) is 0 Å². The minimum absolute atomic E-state index is 0.109. The molecule has 3 nitrogen and oxygen atoms in total. The third-order valence-corrected chi connectivity index (χ3v) is 3.37. The van der Waals surface area contributed by atoms with Crippen LogP contribution in [-0.2, 0) is 0 Å². The topological polar surface area (TPSA) is 29.5 Å². The normalized spacial score (nSPS) is 14.2. The van der Waals surface area contributed by atoms with Gasteiger partial charge in [0.2, 0.25) is 0 Å². The summed E-state index contributed by atoms with van der Waals surface area (Å²) in [6.45, 7) is 6.36. The standard InChI is InChI=1S/C16H23NO2/c1-3-11-17(12-13-9-10-13)16(18)14-7-5-6-8-15(14)19-4-2/h5-8,13H,3-4,9-12H2,1-2H3. The molecule has 1 aliphatic rings. The molecule has 0 aromatic heterocycles. The number of rotatable bonds is 7. The van der Waals surface area contributed by atoms with Gasteiger partial charge in [0.25, 0.3) is 5.91 Å². The molecule has 0 aliphatic heterocycles. The third-order valence-electron chi connectivity index (χ3n) is 3.37. The molecule has 0 saturated heterocycles. The third kappa shape index (κ3) is 3.72. The van der Waals surface area contributed by atoms with Crippen LogP contribution in [0.1, 0.15) is 43.5 Å². The summed E-state index contributed by atoms with van der Waals surface area (Å²) in [5.74, 6) is 1.53. The highest BCUT2D eigenvalue weighted by Gasteiger charge is 2.27. The highest BCUT2D eigenvalue weighted by Crippen LogP contribution is 2.31. The van der Waals surface area contributed by atoms with E-state index >= 15 is 0 Å². The van der Waals surface area contributed by atoms with E-state index < -0.39 is 0 Å². The molecule has 0 atom stereocenters. The highest BCUT2D eigenvalue weighted by atomic mass is 16.5. The monoisotopic (exact) mass is 261 g/mol. The second-order valence-electron chi connectivity index (χ2n) is 5.12. The maximum Gasteiger partial charge on any atom is 0.257 e. The zero-order valence-corrected chi connectivity index (χ0v) is 11.9. The summed E-state index contributed by atoms with van der Waals surface area (Å²) in [4.78, 5) is 14.6. The van der Waals surface area contributed by atoms with Gasteiger partial charge in [-0.25, -0.2) is 0 Å². The maximum atomic E-state index is 12.6. The van der Waals surface area contributed by atoms with Gasteiger partial charge in [-0.3, -0.25) is 4.79 Å². The number of para-hydroxylation sites is 1. The largest absolute Gasteiger partial charge is 0.493 e. The summed E-state index contributed by atoms with van der Waals surface area (Å²) in [7, 11) is 0. The minimum Gasteiger partial charge on any atom is -0.493 e. The molecule has 0 radical (unpaired) electrons. The summed E-state index contributed by atoms with van der Waals surface area (Å²) in [5, 5.41) is 0. The molecule has 19 heavy (non-hydrogen) atoms. The molecule has 2 rings (SSSR count). The van der Waals surface area contributed by atoms with Gasteiger partial charge < -0.3 is 9.64 Å². The van der Waals surface area contributed by atoms with Crippen molar-refractivity contribution in [1.82, 2.24) is 4.90 Å². The lowest BCUT2D eigenvalue weighted by Gasteiger charge is -2.23. The zero-order chi connectivity index (χ0) is 13.7. The van der Waals surface area contributed by atoms with Crippen molar-refractivity contribution in [2.24, 2.45) is 5.92 Å². The first kappa shape index (κ1) is 13.9. The van der Waals surface area contributed by atoms with Gasteiger partial charge in [0, 0.05) is 13.1 Å². The van der Waals surface area contributed by atoms with Crippen LogP contribution in [0.15, 0.2) is 24.3 Å². The van der Waals surface area contributed by atoms with Crippen LogP contribution in [-0.4, -0.2) is 30.5 Å². The summed E-state index contributed by atoms with van der Waals surface area (Å²) in [5.41, 5.74) is 0.693. The van der Waals surface area contributed by atoms with Gasteiger partial charge in [0.1, 0.15) is 5.75 Å². The number of carbonyl (C=O) groups is 1. The van der Waals surface area contributed by atoms with E-state index in [1.54, 1.807) is 0 Å². The number of benzene rings is 1. The first-order chi connectivity index (χ1) is 9.26. The number of carbonyl (C=O) groups excluding carboxylic acids is 1. The SMILES string of the molecule is CCCN(CC1CC1)C(=O)c1ccccc1OCC. The average Bonchev–Trinajstić information content (AvgIpc) is 3.22. The molecule has 1 saturated carbocycles. The molecule has 0 spiro atoms. The van der Waals surface area contributed by atoms with Crippen LogP contribution in [0.25, 0.3) is 0 Å². The van der Waals surface area contributed by atoms with Crippen molar-refractivity contribution >= 4 is 5.91 Å². The van der Waals surface area contributed by atoms with E-state index in [4.69, 9.17) is 4.74 Å². The molecular formula is C16H23NO2. The van der Waals surface area contributed by atoms with Gasteiger partial charge in [0.15, 0.2) is 0 Å². The molecule has 1 aliphatic carbocycles. The highest BCUT2D eigenvalue weighted by molar-refractivity contribution is 5.97. The fraction of sp³-hybridized carbons (Fsp3) is 0.562. The van der Waals surface area contributed by atoms with Gasteiger partial charge in [-0.1, -0.05) is 19.1 Å². The van der Waals surface area contributed by atoms with E-state index in [2.05, 4.69) is 6.92 Å². The lowest BCUT2D eigenvalue weighted by Crippen LogP contribution is -2.33. The molecule has 0 heterocycles. The first-order valence-corrected chi connectivity index (χ1v) is 7.27. The van der Waals surface area contributed by atoms with Crippen molar-refractivity contribution in [3.63, 3.8) is 0 Å². The van der Waals surface area contributed by atoms with Crippen molar-refractivity contribution in [2.75, 3.05) is 19.7 Å². The maximum absolute atomic E-state index is 12.6. The zero-order valence-electron chi connectivity index (χ0n) is 11.9. The second-order valence-corrected chi connectivity index (χ2v) is 5.12. The first-order valence-electron chi connectivity index (χ1n) is 7.27. The Morgan fingerprint density at radius 1 is 1.32 bits per heavy atom. The van der Waals surface area contributed by atoms with E-state index in [-0.39, 0.29) is 5.91 Å². The molecular weight excluding hydrogens is 238 g/mol. The molecule has 0 bridgehead atoms. The van der Waals surface area contributed by atoms with Gasteiger partial charge in [-0.2, -0.15) is 0 Å². The molecule has 1 amide bonds. The Kier molecular flexibility index (Phi) is 4.83. The van der Waals surface area contributed by atoms with Crippen molar-refractivity contribution in [2.45, 2.75) is 33.1 Å². The predicted molar refractivity (Wildman–Crippen MR) is 76.5 cm³/mol. The van der Waals surface area contributed by atoms with Gasteiger partial charge in [0.05, 0.1) is 12.2 Å². The number of amides is 1. The second kappa shape index (κ2) is 6.60. The van der Waals surface area contributed by atoms with Crippen molar-refractivity contribution in [1.29, 1.82) is 0 Å². The Hall–Kier alpha value is -1.51. The fourth-order valence-electron chi connectivity index (χ4n) is 2.25. The van der Waals surface area contributed by atoms with E-state index in [1.165, 1.54) is 12.8 Å². The molecule has 0 N–H and O–H groups in total. The van der Waals surface area contributed by atoms with Gasteiger partial charge in [-0.15, -0.1) is 0 Å². The lowest BCUT2D eigenvalue weighted by molar-refractivity contribution is 0.0743. The Balaban J connectivity index is 2.14. The minimum atomic E-state index is 0.109. The van der Waals surface area contributed by atoms with Crippen LogP contribution in [0.3, 0.4) is 0 Å². The van der Waals surface area contributed by atoms with Crippen LogP contribution < -0.4 is 4.74 Å². The lowest BCUT2D eigenvalue weighted by atomic mass is 10.1. The molecule has 1 aromatic carbocycles. The van der Waals surface area contributed by atoms with Gasteiger partial charge in [-0.05, 0) is 44.2 Å². The summed E-state index contributed by atoms with van der Waals surface area (Å²) in [6, 6.07) is 7.55. The average molecular weight is 261 g/mol. The Bertz CT molecular complexity index is 427. The summed E-state index contributed by atoms with van der Waals surface area (Å²) < 4.78 is 5.56. The van der Waals surface area contributed by atoms with E-state index in [0.717, 1.165) is 25.4 Å². The summed E-state index contributed by atoms with van der Waals surface area (Å²) >= 11 is 0. The summed E-state index contributed by atoms with van der Waals surface area (Å²) in [6.07, 6.45) is 3.52. The fourth-order valence-corrected chi connectivity index (χ4v) is 2.25. The molecule has 1 fully saturated rings. The molecule has 1 aromatic rings. The van der Waals surface area contributed by atoms with Crippen molar-refractivity contribution in [3.8, 4) is 5.75 Å². The Labute approximate surface area is 115 Å². The molecule has 0 unspecified atom stereocenters. The quantitative estimate of drug-likeness (QED) is 0.753. The molecule has 3 heteroatoms. The van der Waals surface area contributed by atoms with Crippen LogP contribution >= 0.6 is 0 Å². The van der Waals surface area contributed by atoms with E-state index in [9.17, 15) is 4.79 Å². The van der Waals surface area contributed by atoms with Crippen LogP contribution in [0.5, 0.6) is 5.75 Å². The van der Waals surface area contributed by atoms with E-state index in [1.807, 2.05) is 36.1 Å². The van der Waals surface area contributed by atoms with Crippen molar-refractivity contribution < 1.29 is 9.53 Å². The Morgan fingerprint density at radius 2 is 2.05 bits per heavy atom.